The third-order valence-corrected chi connectivity index (χ3v) is 3.26. The van der Waals surface area contributed by atoms with Gasteiger partial charge in [0.2, 0.25) is 0 Å². The fourth-order valence-electron chi connectivity index (χ4n) is 2.03. The molecular formula is C15H22N4. The van der Waals surface area contributed by atoms with Crippen LogP contribution in [-0.4, -0.2) is 14.8 Å². The number of hydrogen-bond donors (Lipinski definition) is 1. The molecule has 19 heavy (non-hydrogen) atoms. The Kier molecular flexibility index (Phi) is 3.71. The molecule has 0 amide bonds. The largest absolute Gasteiger partial charge is 0.324 e. The molecule has 0 saturated carbocycles. The fraction of sp³-hybridized carbons (Fsp3) is 0.467. The Labute approximate surface area is 114 Å². The van der Waals surface area contributed by atoms with Crippen molar-refractivity contribution in [1.29, 1.82) is 0 Å². The summed E-state index contributed by atoms with van der Waals surface area (Å²) in [6.45, 7) is 7.08. The molecule has 1 aromatic carbocycles. The Hall–Kier alpha value is -1.68. The Morgan fingerprint density at radius 1 is 1.16 bits per heavy atom. The SMILES string of the molecule is Cn1nc(Cc2ccc(C(C)(C)C)cc2)nc1CN. The van der Waals surface area contributed by atoms with E-state index < -0.39 is 0 Å². The van der Waals surface area contributed by atoms with Crippen LogP contribution >= 0.6 is 0 Å². The molecule has 1 heterocycles. The maximum atomic E-state index is 5.60. The highest BCUT2D eigenvalue weighted by Crippen LogP contribution is 2.22. The molecule has 4 heteroatoms. The normalized spacial score (nSPS) is 11.8. The lowest BCUT2D eigenvalue weighted by Crippen LogP contribution is -2.10. The molecule has 0 aliphatic heterocycles. The maximum absolute atomic E-state index is 5.60. The molecule has 2 N–H and O–H groups in total. The van der Waals surface area contributed by atoms with E-state index in [0.717, 1.165) is 18.1 Å². The van der Waals surface area contributed by atoms with E-state index in [0.29, 0.717) is 6.54 Å². The van der Waals surface area contributed by atoms with E-state index in [9.17, 15) is 0 Å². The molecule has 0 spiro atoms. The minimum atomic E-state index is 0.189. The average Bonchev–Trinajstić information content (AvgIpc) is 2.69. The Balaban J connectivity index is 2.15. The lowest BCUT2D eigenvalue weighted by atomic mass is 9.86. The van der Waals surface area contributed by atoms with E-state index in [1.165, 1.54) is 11.1 Å². The summed E-state index contributed by atoms with van der Waals surface area (Å²) in [5, 5.41) is 4.37. The van der Waals surface area contributed by atoms with Crippen LogP contribution in [0.5, 0.6) is 0 Å². The van der Waals surface area contributed by atoms with Crippen molar-refractivity contribution in [3.63, 3.8) is 0 Å². The van der Waals surface area contributed by atoms with Gasteiger partial charge in [0.1, 0.15) is 5.82 Å². The summed E-state index contributed by atoms with van der Waals surface area (Å²) >= 11 is 0. The van der Waals surface area contributed by atoms with Crippen LogP contribution in [0, 0.1) is 0 Å². The van der Waals surface area contributed by atoms with E-state index in [2.05, 4.69) is 55.1 Å². The number of benzene rings is 1. The van der Waals surface area contributed by atoms with E-state index in [1.54, 1.807) is 4.68 Å². The van der Waals surface area contributed by atoms with Crippen molar-refractivity contribution in [3.8, 4) is 0 Å². The highest BCUT2D eigenvalue weighted by molar-refractivity contribution is 5.29. The zero-order chi connectivity index (χ0) is 14.0. The van der Waals surface area contributed by atoms with Gasteiger partial charge in [0.05, 0.1) is 6.54 Å². The highest BCUT2D eigenvalue weighted by Gasteiger charge is 2.13. The maximum Gasteiger partial charge on any atom is 0.155 e. The topological polar surface area (TPSA) is 56.7 Å². The molecular weight excluding hydrogens is 236 g/mol. The number of nitrogens with two attached hydrogens (primary N) is 1. The summed E-state index contributed by atoms with van der Waals surface area (Å²) in [5.41, 5.74) is 8.36. The van der Waals surface area contributed by atoms with Gasteiger partial charge >= 0.3 is 0 Å². The zero-order valence-corrected chi connectivity index (χ0v) is 12.1. The zero-order valence-electron chi connectivity index (χ0n) is 12.1. The van der Waals surface area contributed by atoms with Crippen LogP contribution in [0.3, 0.4) is 0 Å². The van der Waals surface area contributed by atoms with E-state index in [1.807, 2.05) is 7.05 Å². The average molecular weight is 258 g/mol. The van der Waals surface area contributed by atoms with Gasteiger partial charge in [0.25, 0.3) is 0 Å². The monoisotopic (exact) mass is 258 g/mol. The van der Waals surface area contributed by atoms with Crippen LogP contribution in [0.2, 0.25) is 0 Å². The van der Waals surface area contributed by atoms with Crippen LogP contribution in [0.1, 0.15) is 43.5 Å². The molecule has 0 aliphatic carbocycles. The number of rotatable bonds is 3. The third-order valence-electron chi connectivity index (χ3n) is 3.26. The second kappa shape index (κ2) is 5.13. The number of aryl methyl sites for hydroxylation is 1. The summed E-state index contributed by atoms with van der Waals surface area (Å²) in [6, 6.07) is 8.67. The highest BCUT2D eigenvalue weighted by atomic mass is 15.3. The summed E-state index contributed by atoms with van der Waals surface area (Å²) in [6.07, 6.45) is 0.748. The van der Waals surface area contributed by atoms with Crippen LogP contribution < -0.4 is 5.73 Å². The van der Waals surface area contributed by atoms with Crippen LogP contribution in [0.15, 0.2) is 24.3 Å². The molecule has 1 aromatic heterocycles. The van der Waals surface area contributed by atoms with Gasteiger partial charge in [-0.1, -0.05) is 45.0 Å². The van der Waals surface area contributed by atoms with E-state index in [4.69, 9.17) is 5.73 Å². The predicted molar refractivity (Wildman–Crippen MR) is 76.8 cm³/mol. The summed E-state index contributed by atoms with van der Waals surface area (Å²) in [7, 11) is 1.88. The number of aromatic nitrogens is 3. The van der Waals surface area contributed by atoms with Gasteiger partial charge < -0.3 is 5.73 Å². The molecule has 0 unspecified atom stereocenters. The molecule has 2 aromatic rings. The van der Waals surface area contributed by atoms with Crippen molar-refractivity contribution in [1.82, 2.24) is 14.8 Å². The van der Waals surface area contributed by atoms with Crippen LogP contribution in [0.25, 0.3) is 0 Å². The van der Waals surface area contributed by atoms with E-state index >= 15 is 0 Å². The minimum Gasteiger partial charge on any atom is -0.324 e. The molecule has 0 atom stereocenters. The van der Waals surface area contributed by atoms with Crippen molar-refractivity contribution in [2.75, 3.05) is 0 Å². The number of hydrogen-bond acceptors (Lipinski definition) is 3. The van der Waals surface area contributed by atoms with Crippen molar-refractivity contribution < 1.29 is 0 Å². The molecule has 2 rings (SSSR count). The third kappa shape index (κ3) is 3.20. The van der Waals surface area contributed by atoms with Gasteiger partial charge in [-0.05, 0) is 16.5 Å². The standard InChI is InChI=1S/C15H22N4/c1-15(2,3)12-7-5-11(6-8-12)9-13-17-14(10-16)19(4)18-13/h5-8H,9-10,16H2,1-4H3. The Morgan fingerprint density at radius 2 is 1.79 bits per heavy atom. The predicted octanol–water partition coefficient (Wildman–Crippen LogP) is 2.16. The Morgan fingerprint density at radius 3 is 2.26 bits per heavy atom. The van der Waals surface area contributed by atoms with Gasteiger partial charge in [-0.15, -0.1) is 0 Å². The fourth-order valence-corrected chi connectivity index (χ4v) is 2.03. The van der Waals surface area contributed by atoms with Crippen molar-refractivity contribution in [2.24, 2.45) is 12.8 Å². The molecule has 102 valence electrons. The molecule has 0 fully saturated rings. The molecule has 0 aliphatic rings. The van der Waals surface area contributed by atoms with Gasteiger partial charge in [0, 0.05) is 13.5 Å². The first-order chi connectivity index (χ1) is 8.90. The lowest BCUT2D eigenvalue weighted by molar-refractivity contribution is 0.590. The van der Waals surface area contributed by atoms with Crippen molar-refractivity contribution in [2.45, 2.75) is 39.2 Å². The van der Waals surface area contributed by atoms with Crippen LogP contribution in [-0.2, 0) is 25.4 Å². The molecule has 0 radical (unpaired) electrons. The second-order valence-electron chi connectivity index (χ2n) is 5.90. The van der Waals surface area contributed by atoms with Crippen LogP contribution in [0.4, 0.5) is 0 Å². The van der Waals surface area contributed by atoms with Crippen molar-refractivity contribution in [3.05, 3.63) is 47.0 Å². The summed E-state index contributed by atoms with van der Waals surface area (Å²) in [4.78, 5) is 4.42. The first kappa shape index (κ1) is 13.7. The summed E-state index contributed by atoms with van der Waals surface area (Å²) < 4.78 is 1.75. The number of nitrogens with zero attached hydrogens (tertiary/aromatic N) is 3. The smallest absolute Gasteiger partial charge is 0.155 e. The molecule has 0 saturated heterocycles. The second-order valence-corrected chi connectivity index (χ2v) is 5.90. The molecule has 4 nitrogen and oxygen atoms in total. The Bertz CT molecular complexity index is 547. The minimum absolute atomic E-state index is 0.189. The van der Waals surface area contributed by atoms with Gasteiger partial charge in [-0.25, -0.2) is 4.98 Å². The molecule has 0 bridgehead atoms. The van der Waals surface area contributed by atoms with Gasteiger partial charge in [0.15, 0.2) is 5.82 Å². The van der Waals surface area contributed by atoms with E-state index in [-0.39, 0.29) is 5.41 Å². The van der Waals surface area contributed by atoms with Gasteiger partial charge in [-0.3, -0.25) is 4.68 Å². The lowest BCUT2D eigenvalue weighted by Gasteiger charge is -2.18. The van der Waals surface area contributed by atoms with Crippen molar-refractivity contribution >= 4 is 0 Å². The first-order valence-corrected chi connectivity index (χ1v) is 6.58. The summed E-state index contributed by atoms with van der Waals surface area (Å²) in [5.74, 6) is 1.65. The quantitative estimate of drug-likeness (QED) is 0.918. The van der Waals surface area contributed by atoms with Gasteiger partial charge in [-0.2, -0.15) is 5.10 Å². The first-order valence-electron chi connectivity index (χ1n) is 6.58.